The third kappa shape index (κ3) is 4.12. The Morgan fingerprint density at radius 3 is 2.36 bits per heavy atom. The fraction of sp³-hybridized carbons (Fsp3) is 0.111. The van der Waals surface area contributed by atoms with Crippen LogP contribution in [0.2, 0.25) is 5.02 Å². The van der Waals surface area contributed by atoms with Gasteiger partial charge in [-0.05, 0) is 53.3 Å². The summed E-state index contributed by atoms with van der Waals surface area (Å²) in [6, 6.07) is 16.8. The molecule has 10 nitrogen and oxygen atoms in total. The third-order valence-corrected chi connectivity index (χ3v) is 8.08. The minimum atomic E-state index is -1.04. The molecule has 1 aliphatic heterocycles. The number of hydrogen-bond acceptors (Lipinski definition) is 8. The molecular formula is C27H17ClN4O6S. The van der Waals surface area contributed by atoms with E-state index in [2.05, 4.69) is 6.07 Å². The maximum atomic E-state index is 13.8. The average Bonchev–Trinajstić information content (AvgIpc) is 3.22. The minimum Gasteiger partial charge on any atom is -0.497 e. The summed E-state index contributed by atoms with van der Waals surface area (Å²) in [5.74, 6) is -1.04. The zero-order chi connectivity index (χ0) is 27.4. The van der Waals surface area contributed by atoms with Gasteiger partial charge < -0.3 is 5.11 Å². The van der Waals surface area contributed by atoms with E-state index in [0.29, 0.717) is 16.2 Å². The van der Waals surface area contributed by atoms with Crippen LogP contribution < -0.4 is 14.9 Å². The van der Waals surface area contributed by atoms with Crippen molar-refractivity contribution >= 4 is 46.1 Å². The van der Waals surface area contributed by atoms with E-state index in [4.69, 9.17) is 16.6 Å². The van der Waals surface area contributed by atoms with Crippen LogP contribution in [-0.4, -0.2) is 19.5 Å². The first-order valence-electron chi connectivity index (χ1n) is 11.8. The van der Waals surface area contributed by atoms with Crippen LogP contribution in [0, 0.1) is 20.2 Å². The van der Waals surface area contributed by atoms with Crippen molar-refractivity contribution in [3.05, 3.63) is 133 Å². The molecular weight excluding hydrogens is 544 g/mol. The van der Waals surface area contributed by atoms with Gasteiger partial charge in [0.05, 0.1) is 26.1 Å². The van der Waals surface area contributed by atoms with E-state index >= 15 is 0 Å². The molecule has 0 bridgehead atoms. The van der Waals surface area contributed by atoms with E-state index in [-0.39, 0.29) is 15.7 Å². The number of aromatic nitrogens is 1. The van der Waals surface area contributed by atoms with E-state index in [1.165, 1.54) is 6.08 Å². The predicted molar refractivity (Wildman–Crippen MR) is 146 cm³/mol. The Labute approximate surface area is 228 Å². The number of nitro benzene ring substituents is 2. The van der Waals surface area contributed by atoms with E-state index in [1.807, 2.05) is 30.3 Å². The number of aryl methyl sites for hydroxylation is 1. The van der Waals surface area contributed by atoms with E-state index in [1.54, 1.807) is 16.7 Å². The summed E-state index contributed by atoms with van der Waals surface area (Å²) in [5, 5.41) is 33.4. The number of thiazole rings is 1. The fourth-order valence-corrected chi connectivity index (χ4v) is 6.23. The van der Waals surface area contributed by atoms with Crippen molar-refractivity contribution in [2.75, 3.05) is 0 Å². The summed E-state index contributed by atoms with van der Waals surface area (Å²) in [6.07, 6.45) is 2.84. The first kappa shape index (κ1) is 24.7. The van der Waals surface area contributed by atoms with E-state index in [9.17, 15) is 30.1 Å². The smallest absolute Gasteiger partial charge is 0.318 e. The number of nitrogens with zero attached hydrogens (tertiary/aromatic N) is 4. The van der Waals surface area contributed by atoms with E-state index < -0.39 is 33.0 Å². The lowest BCUT2D eigenvalue weighted by Gasteiger charge is -2.30. The van der Waals surface area contributed by atoms with Gasteiger partial charge in [-0.2, -0.15) is 0 Å². The molecule has 2 aliphatic rings. The molecule has 1 aliphatic carbocycles. The molecule has 4 aromatic rings. The molecule has 0 unspecified atom stereocenters. The van der Waals surface area contributed by atoms with Crippen molar-refractivity contribution in [2.45, 2.75) is 18.9 Å². The summed E-state index contributed by atoms with van der Waals surface area (Å²) >= 11 is 7.23. The van der Waals surface area contributed by atoms with Gasteiger partial charge in [0.15, 0.2) is 4.80 Å². The van der Waals surface area contributed by atoms with Crippen LogP contribution in [0.1, 0.15) is 34.7 Å². The highest BCUT2D eigenvalue weighted by atomic mass is 35.5. The van der Waals surface area contributed by atoms with E-state index in [0.717, 1.165) is 57.9 Å². The quantitative estimate of drug-likeness (QED) is 0.288. The number of fused-ring (bicyclic) bond motifs is 3. The summed E-state index contributed by atoms with van der Waals surface area (Å²) in [5.41, 5.74) is 2.81. The van der Waals surface area contributed by atoms with Gasteiger partial charge in [0.25, 0.3) is 11.3 Å². The van der Waals surface area contributed by atoms with Crippen LogP contribution in [0.3, 0.4) is 0 Å². The lowest BCUT2D eigenvalue weighted by atomic mass is 9.83. The van der Waals surface area contributed by atoms with Crippen molar-refractivity contribution in [1.29, 1.82) is 0 Å². The summed E-state index contributed by atoms with van der Waals surface area (Å²) in [4.78, 5) is 40.1. The monoisotopic (exact) mass is 560 g/mol. The highest BCUT2D eigenvalue weighted by Crippen LogP contribution is 2.41. The first-order chi connectivity index (χ1) is 18.7. The Balaban J connectivity index is 1.61. The third-order valence-electron chi connectivity index (χ3n) is 6.84. The molecule has 0 spiro atoms. The van der Waals surface area contributed by atoms with Gasteiger partial charge in [0.1, 0.15) is 0 Å². The van der Waals surface area contributed by atoms with Gasteiger partial charge in [-0.3, -0.25) is 29.6 Å². The highest BCUT2D eigenvalue weighted by molar-refractivity contribution is 7.07. The van der Waals surface area contributed by atoms with Crippen molar-refractivity contribution in [2.24, 2.45) is 4.99 Å². The Morgan fingerprint density at radius 1 is 1.03 bits per heavy atom. The average molecular weight is 561 g/mol. The number of allylic oxidation sites excluding steroid dienone is 1. The van der Waals surface area contributed by atoms with Crippen molar-refractivity contribution in [1.82, 2.24) is 4.57 Å². The van der Waals surface area contributed by atoms with Gasteiger partial charge in [-0.15, -0.1) is 0 Å². The summed E-state index contributed by atoms with van der Waals surface area (Å²) < 4.78 is 1.78. The molecule has 0 fully saturated rings. The Kier molecular flexibility index (Phi) is 5.89. The summed E-state index contributed by atoms with van der Waals surface area (Å²) in [7, 11) is 0. The van der Waals surface area contributed by atoms with Gasteiger partial charge in [0.2, 0.25) is 0 Å². The number of phenolic OH excluding ortho intramolecular Hbond substituents is 1. The Hall–Kier alpha value is -4.61. The van der Waals surface area contributed by atoms with Gasteiger partial charge in [-0.25, -0.2) is 4.99 Å². The molecule has 0 amide bonds. The molecule has 6 rings (SSSR count). The van der Waals surface area contributed by atoms with Crippen LogP contribution in [0.4, 0.5) is 11.4 Å². The highest BCUT2D eigenvalue weighted by Gasteiger charge is 2.33. The zero-order valence-corrected chi connectivity index (χ0v) is 21.5. The van der Waals surface area contributed by atoms with Crippen molar-refractivity contribution in [3.63, 3.8) is 0 Å². The van der Waals surface area contributed by atoms with Crippen LogP contribution >= 0.6 is 22.9 Å². The molecule has 2 heterocycles. The molecule has 0 radical (unpaired) electrons. The van der Waals surface area contributed by atoms with Crippen LogP contribution in [0.5, 0.6) is 5.75 Å². The standard InChI is InChI=1S/C27H17ClN4O6S/c28-17-8-5-16(6-9-17)24-19-10-7-15-3-1-2-4-18(15)23(19)29-27-30(24)26(34)22(39-27)13-14-11-20(31(35)36)25(33)21(12-14)32(37)38/h1-6,8-9,11-13,24,33H,7,10H2/b22-13+/t24-/m1/s1. The molecule has 3 aromatic carbocycles. The number of aromatic hydroxyl groups is 1. The van der Waals surface area contributed by atoms with Crippen LogP contribution in [-0.2, 0) is 6.42 Å². The molecule has 1 aromatic heterocycles. The number of rotatable bonds is 4. The second-order valence-electron chi connectivity index (χ2n) is 9.09. The molecule has 194 valence electrons. The van der Waals surface area contributed by atoms with Crippen LogP contribution in [0.25, 0.3) is 11.8 Å². The molecule has 0 saturated heterocycles. The summed E-state index contributed by atoms with van der Waals surface area (Å²) in [6.45, 7) is 0. The van der Waals surface area contributed by atoms with Gasteiger partial charge in [-0.1, -0.05) is 59.3 Å². The zero-order valence-electron chi connectivity index (χ0n) is 19.9. The first-order valence-corrected chi connectivity index (χ1v) is 13.0. The lowest BCUT2D eigenvalue weighted by Crippen LogP contribution is -2.38. The molecule has 0 saturated carbocycles. The fourth-order valence-electron chi connectivity index (χ4n) is 5.11. The van der Waals surface area contributed by atoms with Gasteiger partial charge >= 0.3 is 11.4 Å². The number of hydrogen-bond donors (Lipinski definition) is 1. The normalized spacial score (nSPS) is 16.2. The second-order valence-corrected chi connectivity index (χ2v) is 10.5. The maximum Gasteiger partial charge on any atom is 0.318 e. The number of benzene rings is 3. The lowest BCUT2D eigenvalue weighted by molar-refractivity contribution is -0.396. The van der Waals surface area contributed by atoms with Gasteiger partial charge in [0, 0.05) is 22.7 Å². The van der Waals surface area contributed by atoms with Crippen LogP contribution in [0.15, 0.2) is 76.0 Å². The predicted octanol–water partition coefficient (Wildman–Crippen LogP) is 4.49. The van der Waals surface area contributed by atoms with Crippen molar-refractivity contribution in [3.8, 4) is 5.75 Å². The Bertz CT molecular complexity index is 1890. The Morgan fingerprint density at radius 2 is 1.69 bits per heavy atom. The minimum absolute atomic E-state index is 0.0357. The number of halogens is 1. The van der Waals surface area contributed by atoms with Crippen molar-refractivity contribution < 1.29 is 15.0 Å². The molecule has 39 heavy (non-hydrogen) atoms. The molecule has 12 heteroatoms. The molecule has 1 atom stereocenters. The molecule has 1 N–H and O–H groups in total. The maximum absolute atomic E-state index is 13.8. The topological polar surface area (TPSA) is 141 Å². The number of nitro groups is 2. The largest absolute Gasteiger partial charge is 0.497 e. The number of phenols is 1. The SMILES string of the molecule is O=c1/c(=C\c2cc([N+](=O)[O-])c(O)c([N+](=O)[O-])c2)sc2n1[C@H](c1ccc(Cl)cc1)C1=C(N=2)c2ccccc2CC1. The second kappa shape index (κ2) is 9.29.